The van der Waals surface area contributed by atoms with E-state index in [4.69, 9.17) is 0 Å². The molecule has 4 atom stereocenters. The van der Waals surface area contributed by atoms with Crippen LogP contribution in [0.15, 0.2) is 0 Å². The molecule has 0 aliphatic carbocycles. The first-order valence-corrected chi connectivity index (χ1v) is 11.8. The van der Waals surface area contributed by atoms with E-state index in [-0.39, 0.29) is 0 Å². The Kier molecular flexibility index (Phi) is 17.4. The molecule has 0 aromatic rings. The Morgan fingerprint density at radius 3 is 0.538 bits per heavy atom. The maximum Gasteiger partial charge on any atom is -0.0438 e. The zero-order chi connectivity index (χ0) is 20.9. The van der Waals surface area contributed by atoms with Gasteiger partial charge in [-0.1, -0.05) is 83.1 Å². The average Bonchev–Trinajstić information content (AvgIpc) is 2.33. The molecular formula is C26H56. The van der Waals surface area contributed by atoms with Crippen molar-refractivity contribution >= 4 is 0 Å². The summed E-state index contributed by atoms with van der Waals surface area (Å²) in [5.41, 5.74) is 0. The van der Waals surface area contributed by atoms with Gasteiger partial charge in [-0.2, -0.15) is 0 Å². The lowest BCUT2D eigenvalue weighted by Gasteiger charge is -2.20. The fourth-order valence-corrected chi connectivity index (χ4v) is 4.98. The summed E-state index contributed by atoms with van der Waals surface area (Å²) in [5, 5.41) is 0. The summed E-state index contributed by atoms with van der Waals surface area (Å²) >= 11 is 0. The molecule has 0 aromatic heterocycles. The first kappa shape index (κ1) is 28.2. The van der Waals surface area contributed by atoms with Crippen LogP contribution in [-0.2, 0) is 0 Å². The highest BCUT2D eigenvalue weighted by Crippen LogP contribution is 2.24. The molecule has 26 heavy (non-hydrogen) atoms. The zero-order valence-electron chi connectivity index (χ0n) is 20.9. The van der Waals surface area contributed by atoms with E-state index in [1.165, 1.54) is 38.5 Å². The van der Waals surface area contributed by atoms with E-state index in [1.807, 2.05) is 0 Å². The SMILES string of the molecule is CC(C)CC(C)CC(C)CC(C)C.CC(C)CC(C)CC(C)CC(C)C. The minimum absolute atomic E-state index is 0.862. The van der Waals surface area contributed by atoms with Crippen molar-refractivity contribution in [2.45, 2.75) is 122 Å². The van der Waals surface area contributed by atoms with Gasteiger partial charge in [0.15, 0.2) is 0 Å². The van der Waals surface area contributed by atoms with Crippen molar-refractivity contribution in [2.75, 3.05) is 0 Å². The van der Waals surface area contributed by atoms with Crippen molar-refractivity contribution in [3.05, 3.63) is 0 Å². The molecule has 0 rings (SSSR count). The van der Waals surface area contributed by atoms with Crippen molar-refractivity contribution in [1.29, 1.82) is 0 Å². The third-order valence-electron chi connectivity index (χ3n) is 5.10. The monoisotopic (exact) mass is 368 g/mol. The van der Waals surface area contributed by atoms with Crippen LogP contribution in [0.5, 0.6) is 0 Å². The summed E-state index contributed by atoms with van der Waals surface area (Å²) < 4.78 is 0. The van der Waals surface area contributed by atoms with Gasteiger partial charge in [0.25, 0.3) is 0 Å². The van der Waals surface area contributed by atoms with Crippen molar-refractivity contribution < 1.29 is 0 Å². The van der Waals surface area contributed by atoms with Crippen LogP contribution in [0.4, 0.5) is 0 Å². The van der Waals surface area contributed by atoms with Crippen LogP contribution in [-0.4, -0.2) is 0 Å². The van der Waals surface area contributed by atoms with Crippen LogP contribution in [0.1, 0.15) is 122 Å². The molecule has 0 radical (unpaired) electrons. The van der Waals surface area contributed by atoms with Crippen LogP contribution in [0, 0.1) is 47.3 Å². The molecule has 4 unspecified atom stereocenters. The Labute approximate surface area is 169 Å². The summed E-state index contributed by atoms with van der Waals surface area (Å²) in [7, 11) is 0. The van der Waals surface area contributed by atoms with E-state index in [1.54, 1.807) is 0 Å². The minimum atomic E-state index is 0.862. The van der Waals surface area contributed by atoms with Gasteiger partial charge in [-0.25, -0.2) is 0 Å². The Hall–Kier alpha value is 0. The number of hydrogen-bond acceptors (Lipinski definition) is 0. The van der Waals surface area contributed by atoms with Crippen LogP contribution in [0.25, 0.3) is 0 Å². The smallest absolute Gasteiger partial charge is 0.0438 e. The molecule has 0 bridgehead atoms. The number of hydrogen-bond donors (Lipinski definition) is 0. The normalized spacial score (nSPS) is 16.6. The molecule has 0 N–H and O–H groups in total. The van der Waals surface area contributed by atoms with Crippen molar-refractivity contribution in [2.24, 2.45) is 47.3 Å². The standard InChI is InChI=1S/2C13H28/c2*1-10(2)7-12(5)9-13(6)8-11(3)4/h2*10-13H,7-9H2,1-6H3. The van der Waals surface area contributed by atoms with E-state index in [9.17, 15) is 0 Å². The lowest BCUT2D eigenvalue weighted by atomic mass is 9.86. The van der Waals surface area contributed by atoms with Gasteiger partial charge in [0.2, 0.25) is 0 Å². The van der Waals surface area contributed by atoms with E-state index >= 15 is 0 Å². The summed E-state index contributed by atoms with van der Waals surface area (Å²) in [6, 6.07) is 0. The van der Waals surface area contributed by atoms with Crippen molar-refractivity contribution in [3.63, 3.8) is 0 Å². The van der Waals surface area contributed by atoms with Crippen LogP contribution >= 0.6 is 0 Å². The molecule has 0 aliphatic heterocycles. The molecule has 0 amide bonds. The zero-order valence-corrected chi connectivity index (χ0v) is 20.9. The van der Waals surface area contributed by atoms with Crippen LogP contribution < -0.4 is 0 Å². The summed E-state index contributed by atoms with van der Waals surface area (Å²) in [6.45, 7) is 28.2. The summed E-state index contributed by atoms with van der Waals surface area (Å²) in [6.07, 6.45) is 8.39. The third kappa shape index (κ3) is 22.0. The second-order valence-electron chi connectivity index (χ2n) is 11.4. The van der Waals surface area contributed by atoms with Gasteiger partial charge in [0.1, 0.15) is 0 Å². The molecule has 0 aliphatic rings. The van der Waals surface area contributed by atoms with Gasteiger partial charge in [-0.05, 0) is 85.9 Å². The van der Waals surface area contributed by atoms with Gasteiger partial charge >= 0.3 is 0 Å². The second kappa shape index (κ2) is 16.0. The quantitative estimate of drug-likeness (QED) is 0.321. The predicted molar refractivity (Wildman–Crippen MR) is 124 cm³/mol. The first-order chi connectivity index (χ1) is 11.8. The highest BCUT2D eigenvalue weighted by atomic mass is 14.2. The lowest BCUT2D eigenvalue weighted by Crippen LogP contribution is -2.08. The van der Waals surface area contributed by atoms with Gasteiger partial charge in [-0.3, -0.25) is 0 Å². The molecule has 0 nitrogen and oxygen atoms in total. The fourth-order valence-electron chi connectivity index (χ4n) is 4.98. The fraction of sp³-hybridized carbons (Fsp3) is 1.00. The number of rotatable bonds is 12. The van der Waals surface area contributed by atoms with Crippen LogP contribution in [0.3, 0.4) is 0 Å². The van der Waals surface area contributed by atoms with E-state index in [2.05, 4.69) is 83.1 Å². The van der Waals surface area contributed by atoms with E-state index in [0.29, 0.717) is 0 Å². The highest BCUT2D eigenvalue weighted by molar-refractivity contribution is 4.64. The average molecular weight is 369 g/mol. The molecule has 0 heterocycles. The third-order valence-corrected chi connectivity index (χ3v) is 5.10. The van der Waals surface area contributed by atoms with Crippen molar-refractivity contribution in [1.82, 2.24) is 0 Å². The summed E-state index contributed by atoms with van der Waals surface area (Å²) in [5.74, 6) is 7.09. The maximum atomic E-state index is 2.40. The van der Waals surface area contributed by atoms with Crippen molar-refractivity contribution in [3.8, 4) is 0 Å². The predicted octanol–water partition coefficient (Wildman–Crippen LogP) is 9.48. The molecule has 160 valence electrons. The van der Waals surface area contributed by atoms with E-state index < -0.39 is 0 Å². The molecule has 0 fully saturated rings. The Morgan fingerprint density at radius 2 is 0.423 bits per heavy atom. The molecule has 0 aromatic carbocycles. The largest absolute Gasteiger partial charge is 0.0628 e. The molecule has 0 heteroatoms. The Morgan fingerprint density at radius 1 is 0.269 bits per heavy atom. The molecular weight excluding hydrogens is 312 g/mol. The molecule has 0 saturated carbocycles. The van der Waals surface area contributed by atoms with Gasteiger partial charge in [-0.15, -0.1) is 0 Å². The second-order valence-corrected chi connectivity index (χ2v) is 11.4. The van der Waals surface area contributed by atoms with Gasteiger partial charge in [0, 0.05) is 0 Å². The topological polar surface area (TPSA) is 0 Å². The Bertz CT molecular complexity index is 228. The molecule has 0 saturated heterocycles. The maximum absolute atomic E-state index is 2.40. The van der Waals surface area contributed by atoms with E-state index in [0.717, 1.165) is 47.3 Å². The molecule has 0 spiro atoms. The summed E-state index contributed by atoms with van der Waals surface area (Å²) in [4.78, 5) is 0. The first-order valence-electron chi connectivity index (χ1n) is 11.8. The highest BCUT2D eigenvalue weighted by Gasteiger charge is 2.12. The van der Waals surface area contributed by atoms with Gasteiger partial charge in [0.05, 0.1) is 0 Å². The van der Waals surface area contributed by atoms with Crippen LogP contribution in [0.2, 0.25) is 0 Å². The Balaban J connectivity index is 0. The minimum Gasteiger partial charge on any atom is -0.0628 e. The lowest BCUT2D eigenvalue weighted by molar-refractivity contribution is 0.320. The van der Waals surface area contributed by atoms with Gasteiger partial charge < -0.3 is 0 Å².